The van der Waals surface area contributed by atoms with Crippen molar-refractivity contribution in [2.75, 3.05) is 10.4 Å². The van der Waals surface area contributed by atoms with Crippen molar-refractivity contribution in [3.63, 3.8) is 0 Å². The van der Waals surface area contributed by atoms with Crippen LogP contribution in [0.2, 0.25) is 0 Å². The van der Waals surface area contributed by atoms with Gasteiger partial charge in [-0.1, -0.05) is 13.8 Å². The van der Waals surface area contributed by atoms with Crippen LogP contribution in [0.5, 0.6) is 0 Å². The highest BCUT2D eigenvalue weighted by Crippen LogP contribution is 2.41. The first-order valence-corrected chi connectivity index (χ1v) is 11.0. The molecule has 0 spiro atoms. The van der Waals surface area contributed by atoms with Gasteiger partial charge >= 0.3 is 11.9 Å². The van der Waals surface area contributed by atoms with Crippen LogP contribution in [0.1, 0.15) is 74.3 Å². The van der Waals surface area contributed by atoms with E-state index in [-0.39, 0.29) is 28.8 Å². The van der Waals surface area contributed by atoms with Crippen molar-refractivity contribution in [3.8, 4) is 0 Å². The summed E-state index contributed by atoms with van der Waals surface area (Å²) < 4.78 is 5.47. The minimum Gasteiger partial charge on any atom is -0.430 e. The molecule has 0 saturated heterocycles. The quantitative estimate of drug-likeness (QED) is 0.385. The summed E-state index contributed by atoms with van der Waals surface area (Å²) in [6, 6.07) is 4.85. The molecule has 1 aromatic carbocycles. The first kappa shape index (κ1) is 26.1. The van der Waals surface area contributed by atoms with Crippen molar-refractivity contribution in [2.24, 2.45) is 16.7 Å². The summed E-state index contributed by atoms with van der Waals surface area (Å²) in [7, 11) is 0. The van der Waals surface area contributed by atoms with E-state index in [1.54, 1.807) is 59.7 Å². The van der Waals surface area contributed by atoms with Gasteiger partial charge in [-0.3, -0.25) is 14.4 Å². The van der Waals surface area contributed by atoms with Crippen molar-refractivity contribution in [1.29, 1.82) is 0 Å². The summed E-state index contributed by atoms with van der Waals surface area (Å²) in [4.78, 5) is 55.9. The first-order chi connectivity index (χ1) is 15.0. The van der Waals surface area contributed by atoms with Crippen LogP contribution < -0.4 is 10.4 Å². The number of ether oxygens (including phenoxy) is 1. The fourth-order valence-corrected chi connectivity index (χ4v) is 2.89. The summed E-state index contributed by atoms with van der Waals surface area (Å²) in [6.07, 6.45) is 0.339. The van der Waals surface area contributed by atoms with Gasteiger partial charge in [0.15, 0.2) is 0 Å². The first-order valence-electron chi connectivity index (χ1n) is 11.0. The molecule has 33 heavy (non-hydrogen) atoms. The average molecular weight is 459 g/mol. The van der Waals surface area contributed by atoms with Crippen molar-refractivity contribution in [1.82, 2.24) is 0 Å². The number of esters is 1. The molecule has 0 aromatic heterocycles. The fraction of sp³-hybridized carbons (Fsp3) is 0.520. The van der Waals surface area contributed by atoms with E-state index in [1.165, 1.54) is 6.92 Å². The van der Waals surface area contributed by atoms with Gasteiger partial charge in [-0.15, -0.1) is 5.06 Å². The van der Waals surface area contributed by atoms with Gasteiger partial charge in [0.2, 0.25) is 5.91 Å². The lowest BCUT2D eigenvalue weighted by atomic mass is 9.97. The number of hydrogen-bond acceptors (Lipinski definition) is 6. The minimum atomic E-state index is -0.857. The number of rotatable bonds is 5. The van der Waals surface area contributed by atoms with Crippen LogP contribution in [-0.2, 0) is 28.8 Å². The van der Waals surface area contributed by atoms with Crippen LogP contribution >= 0.6 is 0 Å². The van der Waals surface area contributed by atoms with Gasteiger partial charge in [-0.2, -0.15) is 0 Å². The maximum atomic E-state index is 13.3. The molecule has 1 N–H and O–H groups in total. The van der Waals surface area contributed by atoms with Crippen LogP contribution in [0.3, 0.4) is 0 Å². The second-order valence-electron chi connectivity index (χ2n) is 10.7. The maximum absolute atomic E-state index is 13.3. The van der Waals surface area contributed by atoms with Crippen LogP contribution in [0, 0.1) is 16.7 Å². The van der Waals surface area contributed by atoms with Gasteiger partial charge in [0.05, 0.1) is 22.1 Å². The molecule has 8 heteroatoms. The molecule has 0 atom stereocenters. The summed E-state index contributed by atoms with van der Waals surface area (Å²) in [5, 5.41) is 3.69. The second kappa shape index (κ2) is 9.37. The normalized spacial score (nSPS) is 15.3. The molecule has 0 fully saturated rings. The Balaban J connectivity index is 2.52. The zero-order valence-corrected chi connectivity index (χ0v) is 20.9. The number of hydrogen-bond donors (Lipinski definition) is 1. The van der Waals surface area contributed by atoms with Crippen molar-refractivity contribution >= 4 is 40.7 Å². The van der Waals surface area contributed by atoms with Crippen LogP contribution in [0.4, 0.5) is 11.4 Å². The van der Waals surface area contributed by atoms with Crippen molar-refractivity contribution < 1.29 is 28.8 Å². The summed E-state index contributed by atoms with van der Waals surface area (Å²) in [5.74, 6) is -1.62. The predicted octanol–water partition coefficient (Wildman–Crippen LogP) is 4.84. The second-order valence-corrected chi connectivity index (χ2v) is 10.7. The van der Waals surface area contributed by atoms with Crippen molar-refractivity contribution in [3.05, 3.63) is 29.5 Å². The Kier molecular flexibility index (Phi) is 7.41. The predicted molar refractivity (Wildman–Crippen MR) is 126 cm³/mol. The molecule has 0 aliphatic carbocycles. The largest absolute Gasteiger partial charge is 0.430 e. The minimum absolute atomic E-state index is 0.104. The maximum Gasteiger partial charge on any atom is 0.338 e. The molecular weight excluding hydrogens is 424 g/mol. The van der Waals surface area contributed by atoms with E-state index in [0.29, 0.717) is 17.7 Å². The van der Waals surface area contributed by atoms with Gasteiger partial charge in [-0.05, 0) is 72.6 Å². The SMILES string of the molecule is C/C(OC(=O)C(C)(C)C)=C1/C(=O)N(OC(=O)C(C)(C)C)c2cc(NC(=O)CC(C)C)ccc21. The van der Waals surface area contributed by atoms with Gasteiger partial charge in [0.1, 0.15) is 5.76 Å². The van der Waals surface area contributed by atoms with E-state index in [9.17, 15) is 19.2 Å². The molecule has 1 aromatic rings. The Morgan fingerprint density at radius 3 is 2.09 bits per heavy atom. The zero-order chi connectivity index (χ0) is 25.3. The monoisotopic (exact) mass is 458 g/mol. The van der Waals surface area contributed by atoms with Gasteiger partial charge < -0.3 is 14.9 Å². The number of amides is 2. The third-order valence-corrected chi connectivity index (χ3v) is 4.76. The number of carbonyl (C=O) groups is 4. The molecule has 180 valence electrons. The number of fused-ring (bicyclic) bond motifs is 1. The molecule has 2 amide bonds. The number of carbonyl (C=O) groups excluding carboxylic acids is 4. The summed E-state index contributed by atoms with van der Waals surface area (Å²) in [6.45, 7) is 15.5. The third kappa shape index (κ3) is 6.21. The van der Waals surface area contributed by atoms with Crippen LogP contribution in [0.15, 0.2) is 24.0 Å². The summed E-state index contributed by atoms with van der Waals surface area (Å²) in [5.41, 5.74) is -0.346. The number of benzene rings is 1. The molecule has 0 bridgehead atoms. The average Bonchev–Trinajstić information content (AvgIpc) is 2.90. The van der Waals surface area contributed by atoms with E-state index in [1.807, 2.05) is 13.8 Å². The Labute approximate surface area is 195 Å². The standard InChI is InChI=1S/C25H34N2O6/c1-14(2)12-19(28)26-16-10-11-17-18(13-16)27(33-23(31)25(7,8)9)21(29)20(17)15(3)32-22(30)24(4,5)6/h10-11,13-14H,12H2,1-9H3,(H,26,28)/b20-15-. The molecule has 8 nitrogen and oxygen atoms in total. The summed E-state index contributed by atoms with van der Waals surface area (Å²) >= 11 is 0. The highest BCUT2D eigenvalue weighted by atomic mass is 16.7. The molecule has 1 heterocycles. The molecule has 0 saturated carbocycles. The highest BCUT2D eigenvalue weighted by Gasteiger charge is 2.40. The number of nitrogens with zero attached hydrogens (tertiary/aromatic N) is 1. The zero-order valence-electron chi connectivity index (χ0n) is 20.9. The van der Waals surface area contributed by atoms with Gasteiger partial charge in [0, 0.05) is 17.7 Å². The van der Waals surface area contributed by atoms with Crippen LogP contribution in [0.25, 0.3) is 5.57 Å². The number of hydroxylamine groups is 1. The topological polar surface area (TPSA) is 102 Å². The van der Waals surface area contributed by atoms with Crippen LogP contribution in [-0.4, -0.2) is 23.8 Å². The molecule has 1 aliphatic rings. The number of allylic oxidation sites excluding steroid dienone is 1. The third-order valence-electron chi connectivity index (χ3n) is 4.76. The van der Waals surface area contributed by atoms with E-state index in [2.05, 4.69) is 5.32 Å². The van der Waals surface area contributed by atoms with E-state index < -0.39 is 28.7 Å². The molecule has 0 unspecified atom stereocenters. The number of anilines is 2. The van der Waals surface area contributed by atoms with E-state index in [0.717, 1.165) is 5.06 Å². The molecule has 2 rings (SSSR count). The Morgan fingerprint density at radius 2 is 1.58 bits per heavy atom. The Hall–Kier alpha value is -3.16. The Bertz CT molecular complexity index is 1010. The number of nitrogens with one attached hydrogen (secondary N) is 1. The van der Waals surface area contributed by atoms with Gasteiger partial charge in [0.25, 0.3) is 5.91 Å². The Morgan fingerprint density at radius 1 is 1.00 bits per heavy atom. The molecule has 0 radical (unpaired) electrons. The lowest BCUT2D eigenvalue weighted by Gasteiger charge is -2.22. The lowest BCUT2D eigenvalue weighted by Crippen LogP contribution is -2.35. The highest BCUT2D eigenvalue weighted by molar-refractivity contribution is 6.32. The van der Waals surface area contributed by atoms with E-state index in [4.69, 9.17) is 9.57 Å². The molecule has 1 aliphatic heterocycles. The van der Waals surface area contributed by atoms with Crippen molar-refractivity contribution in [2.45, 2.75) is 68.7 Å². The molecular formula is C25H34N2O6. The van der Waals surface area contributed by atoms with Gasteiger partial charge in [-0.25, -0.2) is 4.79 Å². The lowest BCUT2D eigenvalue weighted by molar-refractivity contribution is -0.157. The van der Waals surface area contributed by atoms with E-state index >= 15 is 0 Å². The fourth-order valence-electron chi connectivity index (χ4n) is 2.89. The smallest absolute Gasteiger partial charge is 0.338 e.